The van der Waals surface area contributed by atoms with Crippen molar-refractivity contribution in [2.45, 2.75) is 45.1 Å². The lowest BCUT2D eigenvalue weighted by atomic mass is 9.84. The van der Waals surface area contributed by atoms with E-state index >= 15 is 0 Å². The first-order valence-corrected chi connectivity index (χ1v) is 12.4. The molecule has 2 aromatic carbocycles. The van der Waals surface area contributed by atoms with Crippen LogP contribution in [0.25, 0.3) is 5.57 Å². The standard InChI is InChI=1S/C30H38N2O/c1-24(31(3)23-26-11-6-4-7-12-26)21-27-13-14-28-22-29(15-16-30(28)25(27)2)33-20-10-19-32-17-8-5-9-18-32/h4,6-7,11-12,15-16,21-22H,1-2,5,8-10,13-14,17-20,23H2,3H3/b27-21-. The summed E-state index contributed by atoms with van der Waals surface area (Å²) in [4.78, 5) is 4.77. The minimum atomic E-state index is 0.787. The molecule has 0 aromatic heterocycles. The van der Waals surface area contributed by atoms with Crippen LogP contribution in [0.5, 0.6) is 5.75 Å². The molecule has 1 fully saturated rings. The molecule has 0 unspecified atom stereocenters. The van der Waals surface area contributed by atoms with E-state index in [1.807, 2.05) is 0 Å². The summed E-state index contributed by atoms with van der Waals surface area (Å²) in [6.45, 7) is 14.0. The summed E-state index contributed by atoms with van der Waals surface area (Å²) in [6.07, 6.45) is 9.39. The van der Waals surface area contributed by atoms with E-state index in [4.69, 9.17) is 4.74 Å². The number of piperidine rings is 1. The molecule has 0 bridgehead atoms. The van der Waals surface area contributed by atoms with Gasteiger partial charge in [-0.2, -0.15) is 0 Å². The second-order valence-electron chi connectivity index (χ2n) is 9.40. The predicted octanol–water partition coefficient (Wildman–Crippen LogP) is 6.47. The maximum absolute atomic E-state index is 6.09. The van der Waals surface area contributed by atoms with Crippen molar-refractivity contribution < 1.29 is 4.74 Å². The topological polar surface area (TPSA) is 15.7 Å². The quantitative estimate of drug-likeness (QED) is 0.414. The summed E-state index contributed by atoms with van der Waals surface area (Å²) in [6, 6.07) is 17.0. The van der Waals surface area contributed by atoms with Gasteiger partial charge in [0.15, 0.2) is 0 Å². The zero-order valence-electron chi connectivity index (χ0n) is 20.2. The molecule has 3 heteroatoms. The second kappa shape index (κ2) is 11.4. The third-order valence-electron chi connectivity index (χ3n) is 6.88. The smallest absolute Gasteiger partial charge is 0.119 e. The summed E-state index contributed by atoms with van der Waals surface area (Å²) in [5, 5.41) is 0. The molecular weight excluding hydrogens is 404 g/mol. The summed E-state index contributed by atoms with van der Waals surface area (Å²) in [5.41, 5.74) is 7.29. The van der Waals surface area contributed by atoms with Gasteiger partial charge in [0.1, 0.15) is 5.75 Å². The lowest BCUT2D eigenvalue weighted by Crippen LogP contribution is -2.31. The van der Waals surface area contributed by atoms with Crippen LogP contribution in [0.1, 0.15) is 48.8 Å². The zero-order chi connectivity index (χ0) is 23.0. The van der Waals surface area contributed by atoms with E-state index in [1.165, 1.54) is 54.6 Å². The number of nitrogens with zero attached hydrogens (tertiary/aromatic N) is 2. The molecule has 2 aromatic rings. The SMILES string of the molecule is C=C1/C(=C\C(=C)N(C)Cc2ccccc2)CCc2cc(OCCCN3CCCCC3)ccc21. The van der Waals surface area contributed by atoms with Crippen LogP contribution in [0, 0.1) is 0 Å². The Morgan fingerprint density at radius 3 is 2.64 bits per heavy atom. The number of allylic oxidation sites excluding steroid dienone is 3. The molecule has 174 valence electrons. The fourth-order valence-electron chi connectivity index (χ4n) is 4.84. The molecule has 0 spiro atoms. The number of rotatable bonds is 9. The van der Waals surface area contributed by atoms with Crippen LogP contribution in [-0.4, -0.2) is 43.1 Å². The summed E-state index contributed by atoms with van der Waals surface area (Å²) in [5.74, 6) is 0.986. The Morgan fingerprint density at radius 2 is 1.85 bits per heavy atom. The van der Waals surface area contributed by atoms with Crippen LogP contribution in [0.2, 0.25) is 0 Å². The Bertz CT molecular complexity index is 986. The first-order chi connectivity index (χ1) is 16.1. The monoisotopic (exact) mass is 442 g/mol. The van der Waals surface area contributed by atoms with Gasteiger partial charge < -0.3 is 14.5 Å². The van der Waals surface area contributed by atoms with Gasteiger partial charge in [-0.25, -0.2) is 0 Å². The van der Waals surface area contributed by atoms with E-state index in [0.717, 1.165) is 56.0 Å². The first-order valence-electron chi connectivity index (χ1n) is 12.4. The number of hydrogen-bond acceptors (Lipinski definition) is 3. The van der Waals surface area contributed by atoms with Gasteiger partial charge in [0.2, 0.25) is 0 Å². The van der Waals surface area contributed by atoms with Gasteiger partial charge in [-0.15, -0.1) is 0 Å². The van der Waals surface area contributed by atoms with Crippen LogP contribution in [-0.2, 0) is 13.0 Å². The van der Waals surface area contributed by atoms with Gasteiger partial charge in [-0.1, -0.05) is 56.0 Å². The van der Waals surface area contributed by atoms with Crippen molar-refractivity contribution in [3.05, 3.63) is 95.7 Å². The molecule has 1 aliphatic heterocycles. The second-order valence-corrected chi connectivity index (χ2v) is 9.40. The molecular formula is C30H38N2O. The number of ether oxygens (including phenoxy) is 1. The first kappa shape index (κ1) is 23.4. The average Bonchev–Trinajstić information content (AvgIpc) is 2.85. The molecule has 3 nitrogen and oxygen atoms in total. The van der Waals surface area contributed by atoms with E-state index in [9.17, 15) is 0 Å². The van der Waals surface area contributed by atoms with Crippen LogP contribution < -0.4 is 4.74 Å². The molecule has 2 aliphatic rings. The van der Waals surface area contributed by atoms with Crippen molar-refractivity contribution in [1.29, 1.82) is 0 Å². The van der Waals surface area contributed by atoms with Gasteiger partial charge in [-0.05, 0) is 91.2 Å². The number of aryl methyl sites for hydroxylation is 1. The molecule has 1 saturated heterocycles. The van der Waals surface area contributed by atoms with Gasteiger partial charge in [0.05, 0.1) is 6.61 Å². The Hall–Kier alpha value is -2.78. The van der Waals surface area contributed by atoms with Crippen LogP contribution in [0.4, 0.5) is 0 Å². The Balaban J connectivity index is 1.31. The lowest BCUT2D eigenvalue weighted by Gasteiger charge is -2.26. The molecule has 0 amide bonds. The summed E-state index contributed by atoms with van der Waals surface area (Å²) in [7, 11) is 2.10. The summed E-state index contributed by atoms with van der Waals surface area (Å²) < 4.78 is 6.09. The largest absolute Gasteiger partial charge is 0.494 e. The number of likely N-dealkylation sites (tertiary alicyclic amines) is 1. The number of hydrogen-bond donors (Lipinski definition) is 0. The van der Waals surface area contributed by atoms with Gasteiger partial charge in [-0.3, -0.25) is 0 Å². The molecule has 1 aliphatic carbocycles. The highest BCUT2D eigenvalue weighted by atomic mass is 16.5. The van der Waals surface area contributed by atoms with Gasteiger partial charge >= 0.3 is 0 Å². The normalized spacial score (nSPS) is 17.6. The minimum absolute atomic E-state index is 0.787. The average molecular weight is 443 g/mol. The van der Waals surface area contributed by atoms with Crippen molar-refractivity contribution in [2.75, 3.05) is 33.3 Å². The van der Waals surface area contributed by atoms with E-state index in [0.29, 0.717) is 0 Å². The fourth-order valence-corrected chi connectivity index (χ4v) is 4.84. The highest BCUT2D eigenvalue weighted by molar-refractivity contribution is 5.81. The van der Waals surface area contributed by atoms with Crippen LogP contribution in [0.3, 0.4) is 0 Å². The van der Waals surface area contributed by atoms with E-state index in [2.05, 4.69) is 84.6 Å². The van der Waals surface area contributed by atoms with E-state index < -0.39 is 0 Å². The number of likely N-dealkylation sites (N-methyl/N-ethyl adjacent to an activating group) is 1. The Morgan fingerprint density at radius 1 is 1.06 bits per heavy atom. The van der Waals surface area contributed by atoms with Crippen molar-refractivity contribution in [3.63, 3.8) is 0 Å². The van der Waals surface area contributed by atoms with Crippen LogP contribution in [0.15, 0.2) is 79.0 Å². The van der Waals surface area contributed by atoms with Crippen molar-refractivity contribution in [3.8, 4) is 5.75 Å². The minimum Gasteiger partial charge on any atom is -0.494 e. The van der Waals surface area contributed by atoms with E-state index in [-0.39, 0.29) is 0 Å². The molecule has 0 saturated carbocycles. The van der Waals surface area contributed by atoms with Crippen LogP contribution >= 0.6 is 0 Å². The molecule has 0 radical (unpaired) electrons. The third kappa shape index (κ3) is 6.39. The Kier molecular flexibility index (Phi) is 8.06. The van der Waals surface area contributed by atoms with Crippen molar-refractivity contribution in [2.24, 2.45) is 0 Å². The van der Waals surface area contributed by atoms with Crippen molar-refractivity contribution in [1.82, 2.24) is 9.80 Å². The molecule has 0 atom stereocenters. The fraction of sp³-hybridized carbons (Fsp3) is 0.400. The van der Waals surface area contributed by atoms with E-state index in [1.54, 1.807) is 0 Å². The molecule has 4 rings (SSSR count). The molecule has 1 heterocycles. The van der Waals surface area contributed by atoms with Gasteiger partial charge in [0, 0.05) is 25.8 Å². The zero-order valence-corrected chi connectivity index (χ0v) is 20.2. The molecule has 0 N–H and O–H groups in total. The highest BCUT2D eigenvalue weighted by Gasteiger charge is 2.18. The number of fused-ring (bicyclic) bond motifs is 1. The molecule has 33 heavy (non-hydrogen) atoms. The highest BCUT2D eigenvalue weighted by Crippen LogP contribution is 2.36. The third-order valence-corrected chi connectivity index (χ3v) is 6.88. The lowest BCUT2D eigenvalue weighted by molar-refractivity contribution is 0.205. The summed E-state index contributed by atoms with van der Waals surface area (Å²) >= 11 is 0. The maximum Gasteiger partial charge on any atom is 0.119 e. The van der Waals surface area contributed by atoms with Gasteiger partial charge in [0.25, 0.3) is 0 Å². The number of benzene rings is 2. The maximum atomic E-state index is 6.09. The van der Waals surface area contributed by atoms with Crippen molar-refractivity contribution >= 4 is 5.57 Å². The predicted molar refractivity (Wildman–Crippen MR) is 139 cm³/mol. The Labute approximate surface area is 200 Å².